The van der Waals surface area contributed by atoms with Gasteiger partial charge in [-0.15, -0.1) is 0 Å². The van der Waals surface area contributed by atoms with Crippen molar-refractivity contribution in [2.24, 2.45) is 0 Å². The third kappa shape index (κ3) is 6.30. The summed E-state index contributed by atoms with van der Waals surface area (Å²) in [5.74, 6) is 0.422. The summed E-state index contributed by atoms with van der Waals surface area (Å²) in [5, 5.41) is 16.6. The molecule has 41 heavy (non-hydrogen) atoms. The fourth-order valence-electron chi connectivity index (χ4n) is 6.01. The number of carbonyl (C=O) groups is 2. The number of nitrogens with zero attached hydrogens (tertiary/aromatic N) is 3. The van der Waals surface area contributed by atoms with Gasteiger partial charge in [-0.25, -0.2) is 9.78 Å². The van der Waals surface area contributed by atoms with Gasteiger partial charge in [0.05, 0.1) is 30.1 Å². The Labute approximate surface area is 241 Å². The second-order valence-corrected chi connectivity index (χ2v) is 10.6. The lowest BCUT2D eigenvalue weighted by Gasteiger charge is -2.38. The topological polar surface area (TPSA) is 107 Å². The molecule has 216 valence electrons. The van der Waals surface area contributed by atoms with Crippen LogP contribution in [0.1, 0.15) is 42.7 Å². The first-order valence-corrected chi connectivity index (χ1v) is 14.5. The number of pyridine rings is 1. The fourth-order valence-corrected chi connectivity index (χ4v) is 6.01. The zero-order valence-electron chi connectivity index (χ0n) is 23.8. The van der Waals surface area contributed by atoms with Crippen LogP contribution in [0, 0.1) is 0 Å². The van der Waals surface area contributed by atoms with Crippen molar-refractivity contribution in [3.63, 3.8) is 0 Å². The molecule has 1 aromatic heterocycles. The molecule has 2 fully saturated rings. The van der Waals surface area contributed by atoms with Crippen LogP contribution in [0.15, 0.2) is 66.7 Å². The minimum atomic E-state index is -0.970. The molecule has 9 heteroatoms. The molecule has 3 heterocycles. The van der Waals surface area contributed by atoms with Crippen LogP contribution in [0.4, 0.5) is 10.5 Å². The number of amides is 2. The summed E-state index contributed by atoms with van der Waals surface area (Å²) in [6, 6.07) is 21.0. The van der Waals surface area contributed by atoms with E-state index in [9.17, 15) is 14.7 Å². The summed E-state index contributed by atoms with van der Waals surface area (Å²) in [6.45, 7) is 7.40. The van der Waals surface area contributed by atoms with Crippen LogP contribution in [0.25, 0.3) is 11.3 Å². The predicted octanol–water partition coefficient (Wildman–Crippen LogP) is 4.43. The van der Waals surface area contributed by atoms with Gasteiger partial charge in [-0.2, -0.15) is 0 Å². The summed E-state index contributed by atoms with van der Waals surface area (Å²) >= 11 is 0. The minimum absolute atomic E-state index is 0.235. The van der Waals surface area contributed by atoms with E-state index in [0.717, 1.165) is 42.9 Å². The maximum Gasteiger partial charge on any atom is 0.407 e. The molecule has 2 aliphatic rings. The van der Waals surface area contributed by atoms with E-state index in [1.54, 1.807) is 0 Å². The van der Waals surface area contributed by atoms with Crippen LogP contribution < -0.4 is 20.3 Å². The molecule has 2 aliphatic heterocycles. The largest absolute Gasteiger partial charge is 0.493 e. The van der Waals surface area contributed by atoms with Gasteiger partial charge in [-0.05, 0) is 56.0 Å². The van der Waals surface area contributed by atoms with Crippen molar-refractivity contribution < 1.29 is 19.4 Å². The van der Waals surface area contributed by atoms with E-state index >= 15 is 0 Å². The molecule has 2 aromatic carbocycles. The van der Waals surface area contributed by atoms with Crippen molar-refractivity contribution >= 4 is 17.7 Å². The quantitative estimate of drug-likeness (QED) is 0.357. The number of hydrogen-bond acceptors (Lipinski definition) is 6. The third-order valence-electron chi connectivity index (χ3n) is 8.08. The number of nitrogens with one attached hydrogen (secondary N) is 2. The fraction of sp³-hybridized carbons (Fsp3) is 0.406. The van der Waals surface area contributed by atoms with Crippen LogP contribution in [0.2, 0.25) is 0 Å². The monoisotopic (exact) mass is 557 g/mol. The molecule has 0 spiro atoms. The number of rotatable bonds is 9. The summed E-state index contributed by atoms with van der Waals surface area (Å²) in [6.07, 6.45) is 1.03. The number of anilines is 1. The van der Waals surface area contributed by atoms with Crippen molar-refractivity contribution in [2.75, 3.05) is 37.7 Å². The Kier molecular flexibility index (Phi) is 9.04. The maximum atomic E-state index is 14.1. The van der Waals surface area contributed by atoms with Crippen LogP contribution >= 0.6 is 0 Å². The Bertz CT molecular complexity index is 1350. The number of carbonyl (C=O) groups excluding carboxylic acids is 1. The van der Waals surface area contributed by atoms with Crippen molar-refractivity contribution in [1.82, 2.24) is 20.5 Å². The Balaban J connectivity index is 1.50. The summed E-state index contributed by atoms with van der Waals surface area (Å²) < 4.78 is 5.86. The Morgan fingerprint density at radius 1 is 1.05 bits per heavy atom. The molecular formula is C32H39N5O4. The lowest BCUT2D eigenvalue weighted by molar-refractivity contribution is 0.0913. The molecule has 3 aromatic rings. The average Bonchev–Trinajstić information content (AvgIpc) is 3.39. The minimum Gasteiger partial charge on any atom is -0.493 e. The number of aromatic nitrogens is 1. The van der Waals surface area contributed by atoms with Gasteiger partial charge >= 0.3 is 6.09 Å². The number of piperazine rings is 1. The molecule has 0 aliphatic carbocycles. The van der Waals surface area contributed by atoms with Gasteiger partial charge in [0.25, 0.3) is 5.91 Å². The van der Waals surface area contributed by atoms with Gasteiger partial charge in [-0.1, -0.05) is 49.4 Å². The lowest BCUT2D eigenvalue weighted by Crippen LogP contribution is -2.52. The zero-order chi connectivity index (χ0) is 28.8. The van der Waals surface area contributed by atoms with E-state index in [0.29, 0.717) is 43.1 Å². The standard InChI is InChI=1S/C32H39N5O4/c1-3-23-21-33-17-19-36(23)27-15-14-25(24-12-8-9-13-29(24)41-4-2)34-30(27)31(38)35-26-16-18-37(32(39)40)28(26)20-22-10-6-5-7-11-22/h5-15,23,26,28,33H,3-4,16-21H2,1-2H3,(H,35,38)(H,39,40). The highest BCUT2D eigenvalue weighted by atomic mass is 16.5. The smallest absolute Gasteiger partial charge is 0.407 e. The molecule has 0 saturated carbocycles. The van der Waals surface area contributed by atoms with Gasteiger partial charge in [0, 0.05) is 37.8 Å². The summed E-state index contributed by atoms with van der Waals surface area (Å²) in [5.41, 5.74) is 3.65. The second kappa shape index (κ2) is 13.0. The predicted molar refractivity (Wildman–Crippen MR) is 160 cm³/mol. The Morgan fingerprint density at radius 2 is 1.83 bits per heavy atom. The highest BCUT2D eigenvalue weighted by Crippen LogP contribution is 2.33. The van der Waals surface area contributed by atoms with E-state index < -0.39 is 6.09 Å². The summed E-state index contributed by atoms with van der Waals surface area (Å²) in [4.78, 5) is 34.9. The molecule has 3 unspecified atom stereocenters. The Hall–Kier alpha value is -4.11. The SMILES string of the molecule is CCOc1ccccc1-c1ccc(N2CCNCC2CC)c(C(=O)NC2CCN(C(=O)O)C2Cc2ccccc2)n1. The van der Waals surface area contributed by atoms with Crippen molar-refractivity contribution in [1.29, 1.82) is 0 Å². The van der Waals surface area contributed by atoms with E-state index in [1.165, 1.54) is 4.90 Å². The second-order valence-electron chi connectivity index (χ2n) is 10.6. The van der Waals surface area contributed by atoms with Crippen molar-refractivity contribution in [3.05, 3.63) is 78.0 Å². The molecule has 9 nitrogen and oxygen atoms in total. The van der Waals surface area contributed by atoms with Gasteiger partial charge in [0.15, 0.2) is 5.69 Å². The lowest BCUT2D eigenvalue weighted by atomic mass is 9.99. The molecule has 3 atom stereocenters. The first-order valence-electron chi connectivity index (χ1n) is 14.5. The van der Waals surface area contributed by atoms with Crippen LogP contribution in [-0.2, 0) is 6.42 Å². The van der Waals surface area contributed by atoms with Crippen molar-refractivity contribution in [3.8, 4) is 17.0 Å². The number of para-hydroxylation sites is 1. The van der Waals surface area contributed by atoms with Gasteiger partial charge in [0.2, 0.25) is 0 Å². The zero-order valence-corrected chi connectivity index (χ0v) is 23.8. The first kappa shape index (κ1) is 28.4. The maximum absolute atomic E-state index is 14.1. The van der Waals surface area contributed by atoms with Gasteiger partial charge in [0.1, 0.15) is 5.75 Å². The average molecular weight is 558 g/mol. The summed E-state index contributed by atoms with van der Waals surface area (Å²) in [7, 11) is 0. The van der Waals surface area contributed by atoms with Gasteiger partial charge < -0.3 is 30.3 Å². The highest BCUT2D eigenvalue weighted by molar-refractivity contribution is 5.99. The Morgan fingerprint density at radius 3 is 2.59 bits per heavy atom. The van der Waals surface area contributed by atoms with E-state index in [1.807, 2.05) is 73.7 Å². The van der Waals surface area contributed by atoms with Gasteiger partial charge in [-0.3, -0.25) is 4.79 Å². The van der Waals surface area contributed by atoms with E-state index in [2.05, 4.69) is 22.5 Å². The van der Waals surface area contributed by atoms with Crippen LogP contribution in [0.3, 0.4) is 0 Å². The first-order chi connectivity index (χ1) is 20.0. The van der Waals surface area contributed by atoms with E-state index in [-0.39, 0.29) is 24.0 Å². The van der Waals surface area contributed by atoms with Crippen LogP contribution in [0.5, 0.6) is 5.75 Å². The molecule has 0 radical (unpaired) electrons. The molecule has 2 saturated heterocycles. The highest BCUT2D eigenvalue weighted by Gasteiger charge is 2.39. The van der Waals surface area contributed by atoms with E-state index in [4.69, 9.17) is 9.72 Å². The molecule has 3 N–H and O–H groups in total. The normalized spacial score (nSPS) is 20.6. The number of hydrogen-bond donors (Lipinski definition) is 3. The number of ether oxygens (including phenoxy) is 1. The molecule has 5 rings (SSSR count). The van der Waals surface area contributed by atoms with Crippen LogP contribution in [-0.4, -0.2) is 77.9 Å². The molecule has 0 bridgehead atoms. The third-order valence-corrected chi connectivity index (χ3v) is 8.08. The number of carboxylic acid groups (broad SMARTS) is 1. The van der Waals surface area contributed by atoms with Crippen molar-refractivity contribution in [2.45, 2.75) is 51.2 Å². The number of likely N-dealkylation sites (tertiary alicyclic amines) is 1. The molecular weight excluding hydrogens is 518 g/mol. The molecule has 2 amide bonds. The number of benzene rings is 2.